The van der Waals surface area contributed by atoms with E-state index in [0.717, 1.165) is 6.07 Å². The molecule has 0 aliphatic rings. The highest BCUT2D eigenvalue weighted by atomic mass is 79.9. The summed E-state index contributed by atoms with van der Waals surface area (Å²) in [7, 11) is 1.32. The molecule has 0 radical (unpaired) electrons. The third-order valence-electron chi connectivity index (χ3n) is 1.95. The Balaban J connectivity index is 3.36. The Labute approximate surface area is 123 Å². The van der Waals surface area contributed by atoms with Crippen LogP contribution in [0.4, 0.5) is 0 Å². The Bertz CT molecular complexity index is 587. The summed E-state index contributed by atoms with van der Waals surface area (Å²) in [5, 5.41) is 2.76. The van der Waals surface area contributed by atoms with Crippen molar-refractivity contribution in [2.24, 2.45) is 0 Å². The third-order valence-corrected chi connectivity index (χ3v) is 4.54. The highest BCUT2D eigenvalue weighted by Crippen LogP contribution is 2.31. The van der Waals surface area contributed by atoms with Crippen molar-refractivity contribution in [2.45, 2.75) is 24.8 Å². The van der Waals surface area contributed by atoms with Gasteiger partial charge in [-0.2, -0.15) is 0 Å². The highest BCUT2D eigenvalue weighted by molar-refractivity contribution is 9.10. The number of nitrogens with one attached hydrogen (secondary N) is 1. The van der Waals surface area contributed by atoms with Gasteiger partial charge in [0.1, 0.15) is 0 Å². The molecule has 0 heterocycles. The van der Waals surface area contributed by atoms with Crippen molar-refractivity contribution in [2.75, 3.05) is 0 Å². The fraction of sp³-hybridized carbons (Fsp3) is 0.300. The standard InChI is InChI=1S/C10H10BrCl2NO3S/c1-5(2)14-10(15)7-3-6(18(13,16)17)4-8(11)9(7)12/h3-5H,1-2H3,(H,14,15). The summed E-state index contributed by atoms with van der Waals surface area (Å²) < 4.78 is 22.8. The number of carbonyl (C=O) groups excluding carboxylic acids is 1. The number of benzene rings is 1. The zero-order chi connectivity index (χ0) is 14.1. The van der Waals surface area contributed by atoms with E-state index < -0.39 is 15.0 Å². The van der Waals surface area contributed by atoms with Gasteiger partial charge in [-0.05, 0) is 41.9 Å². The van der Waals surface area contributed by atoms with Crippen LogP contribution in [0.5, 0.6) is 0 Å². The molecule has 1 amide bonds. The van der Waals surface area contributed by atoms with Crippen molar-refractivity contribution in [1.29, 1.82) is 0 Å². The van der Waals surface area contributed by atoms with Crippen molar-refractivity contribution in [3.63, 3.8) is 0 Å². The lowest BCUT2D eigenvalue weighted by molar-refractivity contribution is 0.0943. The largest absolute Gasteiger partial charge is 0.350 e. The second kappa shape index (κ2) is 5.77. The minimum Gasteiger partial charge on any atom is -0.350 e. The summed E-state index contributed by atoms with van der Waals surface area (Å²) in [6.45, 7) is 3.56. The average molecular weight is 375 g/mol. The van der Waals surface area contributed by atoms with Crippen LogP contribution in [0.15, 0.2) is 21.5 Å². The molecule has 0 saturated carbocycles. The van der Waals surface area contributed by atoms with Crippen molar-refractivity contribution in [1.82, 2.24) is 5.32 Å². The normalized spacial score (nSPS) is 11.7. The molecular formula is C10H10BrCl2NO3S. The van der Waals surface area contributed by atoms with Crippen LogP contribution in [0.3, 0.4) is 0 Å². The fourth-order valence-corrected chi connectivity index (χ4v) is 2.80. The quantitative estimate of drug-likeness (QED) is 0.826. The topological polar surface area (TPSA) is 63.2 Å². The van der Waals surface area contributed by atoms with Gasteiger partial charge in [-0.1, -0.05) is 11.6 Å². The van der Waals surface area contributed by atoms with Gasteiger partial charge in [-0.25, -0.2) is 8.42 Å². The molecule has 8 heteroatoms. The molecule has 0 aromatic heterocycles. The van der Waals surface area contributed by atoms with Crippen LogP contribution < -0.4 is 5.32 Å². The first-order valence-corrected chi connectivity index (χ1v) is 8.35. The number of halogens is 3. The Kier molecular flexibility index (Phi) is 5.05. The van der Waals surface area contributed by atoms with E-state index in [2.05, 4.69) is 21.2 Å². The van der Waals surface area contributed by atoms with Crippen molar-refractivity contribution in [3.8, 4) is 0 Å². The van der Waals surface area contributed by atoms with Crippen LogP contribution in [-0.2, 0) is 9.05 Å². The molecule has 0 spiro atoms. The second-order valence-electron chi connectivity index (χ2n) is 3.83. The van der Waals surface area contributed by atoms with Crippen LogP contribution in [-0.4, -0.2) is 20.4 Å². The van der Waals surface area contributed by atoms with Gasteiger partial charge in [0, 0.05) is 21.2 Å². The van der Waals surface area contributed by atoms with Gasteiger partial charge < -0.3 is 5.32 Å². The maximum absolute atomic E-state index is 11.9. The van der Waals surface area contributed by atoms with Crippen LogP contribution in [0, 0.1) is 0 Å². The van der Waals surface area contributed by atoms with Crippen LogP contribution in [0.25, 0.3) is 0 Å². The molecule has 0 aliphatic carbocycles. The van der Waals surface area contributed by atoms with Crippen molar-refractivity contribution in [3.05, 3.63) is 27.2 Å². The molecule has 0 atom stereocenters. The van der Waals surface area contributed by atoms with E-state index in [9.17, 15) is 13.2 Å². The molecule has 1 aromatic rings. The Morgan fingerprint density at radius 1 is 1.39 bits per heavy atom. The number of hydrogen-bond acceptors (Lipinski definition) is 3. The van der Waals surface area contributed by atoms with Gasteiger partial charge in [-0.15, -0.1) is 0 Å². The lowest BCUT2D eigenvalue weighted by atomic mass is 10.2. The van der Waals surface area contributed by atoms with E-state index in [4.69, 9.17) is 22.3 Å². The lowest BCUT2D eigenvalue weighted by Crippen LogP contribution is -2.30. The minimum atomic E-state index is -3.92. The van der Waals surface area contributed by atoms with Gasteiger partial charge in [0.05, 0.1) is 15.5 Å². The van der Waals surface area contributed by atoms with Crippen LogP contribution in [0.2, 0.25) is 5.02 Å². The molecule has 18 heavy (non-hydrogen) atoms. The predicted molar refractivity (Wildman–Crippen MR) is 74.8 cm³/mol. The minimum absolute atomic E-state index is 0.0546. The number of amides is 1. The summed E-state index contributed by atoms with van der Waals surface area (Å²) >= 11 is 9.04. The van der Waals surface area contributed by atoms with Crippen LogP contribution >= 0.6 is 38.2 Å². The first-order valence-electron chi connectivity index (χ1n) is 4.87. The monoisotopic (exact) mass is 373 g/mol. The zero-order valence-electron chi connectivity index (χ0n) is 9.50. The molecule has 0 saturated heterocycles. The van der Waals surface area contributed by atoms with Crippen molar-refractivity contribution < 1.29 is 13.2 Å². The van der Waals surface area contributed by atoms with E-state index in [1.807, 2.05) is 0 Å². The van der Waals surface area contributed by atoms with Crippen LogP contribution in [0.1, 0.15) is 24.2 Å². The molecule has 1 rings (SSSR count). The SMILES string of the molecule is CC(C)NC(=O)c1cc(S(=O)(=O)Cl)cc(Br)c1Cl. The fourth-order valence-electron chi connectivity index (χ4n) is 1.21. The van der Waals surface area contributed by atoms with Gasteiger partial charge in [0.15, 0.2) is 0 Å². The maximum Gasteiger partial charge on any atom is 0.261 e. The zero-order valence-corrected chi connectivity index (χ0v) is 13.4. The number of hydrogen-bond donors (Lipinski definition) is 1. The van der Waals surface area contributed by atoms with Gasteiger partial charge >= 0.3 is 0 Å². The van der Waals surface area contributed by atoms with E-state index in [1.165, 1.54) is 6.07 Å². The van der Waals surface area contributed by atoms with Gasteiger partial charge in [0.25, 0.3) is 15.0 Å². The number of rotatable bonds is 3. The Morgan fingerprint density at radius 3 is 2.39 bits per heavy atom. The summed E-state index contributed by atoms with van der Waals surface area (Å²) in [4.78, 5) is 11.7. The maximum atomic E-state index is 11.9. The number of carbonyl (C=O) groups is 1. The first kappa shape index (κ1) is 15.8. The molecule has 0 unspecified atom stereocenters. The molecule has 4 nitrogen and oxygen atoms in total. The smallest absolute Gasteiger partial charge is 0.261 e. The first-order chi connectivity index (χ1) is 8.12. The predicted octanol–water partition coefficient (Wildman–Crippen LogP) is 3.17. The van der Waals surface area contributed by atoms with E-state index in [0.29, 0.717) is 4.47 Å². The average Bonchev–Trinajstić information content (AvgIpc) is 2.18. The lowest BCUT2D eigenvalue weighted by Gasteiger charge is -2.11. The molecule has 0 aliphatic heterocycles. The third kappa shape index (κ3) is 3.85. The van der Waals surface area contributed by atoms with Gasteiger partial charge in [0.2, 0.25) is 0 Å². The van der Waals surface area contributed by atoms with E-state index >= 15 is 0 Å². The summed E-state index contributed by atoms with van der Waals surface area (Å²) in [5.74, 6) is -0.460. The highest BCUT2D eigenvalue weighted by Gasteiger charge is 2.19. The van der Waals surface area contributed by atoms with E-state index in [-0.39, 0.29) is 21.5 Å². The second-order valence-corrected chi connectivity index (χ2v) is 7.63. The molecule has 0 bridgehead atoms. The molecule has 1 aromatic carbocycles. The molecule has 0 fully saturated rings. The molecule has 100 valence electrons. The molecule has 1 N–H and O–H groups in total. The summed E-state index contributed by atoms with van der Waals surface area (Å²) in [6, 6.07) is 2.30. The summed E-state index contributed by atoms with van der Waals surface area (Å²) in [6.07, 6.45) is 0. The molecular weight excluding hydrogens is 365 g/mol. The summed E-state index contributed by atoms with van der Waals surface area (Å²) in [5.41, 5.74) is 0.0546. The van der Waals surface area contributed by atoms with Gasteiger partial charge in [-0.3, -0.25) is 4.79 Å². The van der Waals surface area contributed by atoms with E-state index in [1.54, 1.807) is 13.8 Å². The Morgan fingerprint density at radius 2 is 1.94 bits per heavy atom. The van der Waals surface area contributed by atoms with Crippen molar-refractivity contribution >= 4 is 53.2 Å². The Hall–Kier alpha value is -0.300.